The molecule has 1 aromatic carbocycles. The largest absolute Gasteiger partial charge is 0.360 e. The van der Waals surface area contributed by atoms with Gasteiger partial charge in [-0.3, -0.25) is 4.79 Å². The van der Waals surface area contributed by atoms with Crippen molar-refractivity contribution in [3.63, 3.8) is 0 Å². The highest BCUT2D eigenvalue weighted by atomic mass is 16.5. The molecule has 6 heteroatoms. The van der Waals surface area contributed by atoms with Crippen LogP contribution in [-0.4, -0.2) is 21.0 Å². The molecule has 0 aliphatic heterocycles. The number of rotatable bonds is 4. The van der Waals surface area contributed by atoms with Crippen molar-refractivity contribution in [2.45, 2.75) is 26.2 Å². The van der Waals surface area contributed by atoms with Gasteiger partial charge in [0, 0.05) is 6.07 Å². The van der Waals surface area contributed by atoms with Crippen molar-refractivity contribution in [2.75, 3.05) is 5.32 Å². The van der Waals surface area contributed by atoms with E-state index < -0.39 is 0 Å². The molecule has 0 fully saturated rings. The van der Waals surface area contributed by atoms with E-state index in [1.165, 1.54) is 0 Å². The number of imidazole rings is 1. The molecule has 0 aliphatic carbocycles. The lowest BCUT2D eigenvalue weighted by atomic mass is 10.1. The molecule has 108 valence electrons. The summed E-state index contributed by atoms with van der Waals surface area (Å²) in [6.45, 7) is 3.73. The first-order chi connectivity index (χ1) is 10.2. The van der Waals surface area contributed by atoms with Crippen LogP contribution in [0.3, 0.4) is 0 Å². The molecular weight excluding hydrogens is 268 g/mol. The molecule has 1 unspecified atom stereocenters. The zero-order valence-electron chi connectivity index (χ0n) is 11.9. The molecule has 3 rings (SSSR count). The number of H-pyrrole nitrogens is 1. The van der Waals surface area contributed by atoms with Crippen molar-refractivity contribution in [1.29, 1.82) is 0 Å². The second-order valence-corrected chi connectivity index (χ2v) is 4.91. The molecule has 0 bridgehead atoms. The summed E-state index contributed by atoms with van der Waals surface area (Å²) < 4.78 is 4.94. The smallest absolute Gasteiger partial charge is 0.236 e. The molecule has 0 saturated carbocycles. The molecule has 0 spiro atoms. The molecule has 1 atom stereocenters. The highest BCUT2D eigenvalue weighted by molar-refractivity contribution is 5.95. The maximum absolute atomic E-state index is 12.4. The van der Waals surface area contributed by atoms with E-state index in [0.29, 0.717) is 23.8 Å². The lowest BCUT2D eigenvalue weighted by Crippen LogP contribution is -2.21. The Balaban J connectivity index is 1.85. The lowest BCUT2D eigenvalue weighted by molar-refractivity contribution is -0.117. The summed E-state index contributed by atoms with van der Waals surface area (Å²) >= 11 is 0. The number of hydrogen-bond acceptors (Lipinski definition) is 4. The van der Waals surface area contributed by atoms with Gasteiger partial charge < -0.3 is 14.8 Å². The predicted molar refractivity (Wildman–Crippen MR) is 79.0 cm³/mol. The van der Waals surface area contributed by atoms with Crippen LogP contribution in [0.1, 0.15) is 30.8 Å². The molecule has 0 aliphatic rings. The van der Waals surface area contributed by atoms with Crippen molar-refractivity contribution in [3.8, 4) is 0 Å². The number of aromatic amines is 1. The number of fused-ring (bicyclic) bond motifs is 1. The Morgan fingerprint density at radius 2 is 2.24 bits per heavy atom. The lowest BCUT2D eigenvalue weighted by Gasteiger charge is -2.10. The number of amides is 1. The van der Waals surface area contributed by atoms with Crippen LogP contribution in [0.4, 0.5) is 5.82 Å². The number of benzene rings is 1. The van der Waals surface area contributed by atoms with Crippen LogP contribution in [0.5, 0.6) is 0 Å². The van der Waals surface area contributed by atoms with E-state index in [0.717, 1.165) is 11.0 Å². The molecule has 0 saturated heterocycles. The van der Waals surface area contributed by atoms with Crippen LogP contribution in [0.25, 0.3) is 11.0 Å². The van der Waals surface area contributed by atoms with E-state index >= 15 is 0 Å². The SMILES string of the molecule is CCC(C(=O)Nc1cc(C)on1)c1nc2ccccc2[nH]1. The van der Waals surface area contributed by atoms with E-state index in [2.05, 4.69) is 20.4 Å². The van der Waals surface area contributed by atoms with Crippen molar-refractivity contribution < 1.29 is 9.32 Å². The Kier molecular flexibility index (Phi) is 3.43. The van der Waals surface area contributed by atoms with Gasteiger partial charge in [-0.05, 0) is 25.5 Å². The highest BCUT2D eigenvalue weighted by Gasteiger charge is 2.23. The molecule has 3 aromatic rings. The first kappa shape index (κ1) is 13.4. The van der Waals surface area contributed by atoms with E-state index in [1.807, 2.05) is 31.2 Å². The Morgan fingerprint density at radius 3 is 2.90 bits per heavy atom. The van der Waals surface area contributed by atoms with E-state index in [4.69, 9.17) is 4.52 Å². The maximum Gasteiger partial charge on any atom is 0.236 e. The van der Waals surface area contributed by atoms with Gasteiger partial charge in [0.25, 0.3) is 0 Å². The Labute approximate surface area is 121 Å². The molecule has 2 aromatic heterocycles. The number of nitrogens with zero attached hydrogens (tertiary/aromatic N) is 2. The Bertz CT molecular complexity index is 742. The minimum Gasteiger partial charge on any atom is -0.360 e. The molecule has 21 heavy (non-hydrogen) atoms. The first-order valence-electron chi connectivity index (χ1n) is 6.86. The average Bonchev–Trinajstić information content (AvgIpc) is 3.05. The summed E-state index contributed by atoms with van der Waals surface area (Å²) in [6, 6.07) is 9.40. The second-order valence-electron chi connectivity index (χ2n) is 4.91. The predicted octanol–water partition coefficient (Wildman–Crippen LogP) is 2.99. The van der Waals surface area contributed by atoms with Crippen LogP contribution >= 0.6 is 0 Å². The monoisotopic (exact) mass is 284 g/mol. The van der Waals surface area contributed by atoms with Gasteiger partial charge in [-0.25, -0.2) is 4.98 Å². The van der Waals surface area contributed by atoms with Gasteiger partial charge in [0.1, 0.15) is 11.6 Å². The normalized spacial score (nSPS) is 12.5. The molecule has 2 heterocycles. The number of nitrogens with one attached hydrogen (secondary N) is 2. The molecule has 1 amide bonds. The van der Waals surface area contributed by atoms with Crippen molar-refractivity contribution in [3.05, 3.63) is 41.9 Å². The topological polar surface area (TPSA) is 83.8 Å². The first-order valence-corrected chi connectivity index (χ1v) is 6.86. The van der Waals surface area contributed by atoms with Crippen LogP contribution in [-0.2, 0) is 4.79 Å². The number of para-hydroxylation sites is 2. The van der Waals surface area contributed by atoms with Gasteiger partial charge in [-0.2, -0.15) is 0 Å². The number of carbonyl (C=O) groups excluding carboxylic acids is 1. The van der Waals surface area contributed by atoms with Gasteiger partial charge in [-0.15, -0.1) is 0 Å². The van der Waals surface area contributed by atoms with Gasteiger partial charge >= 0.3 is 0 Å². The summed E-state index contributed by atoms with van der Waals surface area (Å²) in [6.07, 6.45) is 0.641. The van der Waals surface area contributed by atoms with E-state index in [9.17, 15) is 4.79 Å². The minimum absolute atomic E-state index is 0.148. The van der Waals surface area contributed by atoms with Crippen LogP contribution in [0, 0.1) is 6.92 Å². The van der Waals surface area contributed by atoms with Crippen molar-refractivity contribution in [2.24, 2.45) is 0 Å². The molecular formula is C15H16N4O2. The van der Waals surface area contributed by atoms with Crippen LogP contribution in [0.2, 0.25) is 0 Å². The van der Waals surface area contributed by atoms with Crippen molar-refractivity contribution >= 4 is 22.8 Å². The third kappa shape index (κ3) is 2.65. The van der Waals surface area contributed by atoms with E-state index in [1.54, 1.807) is 13.0 Å². The van der Waals surface area contributed by atoms with Gasteiger partial charge in [0.05, 0.1) is 17.0 Å². The fraction of sp³-hybridized carbons (Fsp3) is 0.267. The highest BCUT2D eigenvalue weighted by Crippen LogP contribution is 2.22. The number of hydrogen-bond donors (Lipinski definition) is 2. The Morgan fingerprint density at radius 1 is 1.43 bits per heavy atom. The minimum atomic E-state index is -0.352. The summed E-state index contributed by atoms with van der Waals surface area (Å²) in [5.41, 5.74) is 1.78. The molecule has 2 N–H and O–H groups in total. The number of aromatic nitrogens is 3. The summed E-state index contributed by atoms with van der Waals surface area (Å²) in [4.78, 5) is 20.1. The van der Waals surface area contributed by atoms with Gasteiger partial charge in [0.15, 0.2) is 5.82 Å². The number of aryl methyl sites for hydroxylation is 1. The zero-order chi connectivity index (χ0) is 14.8. The van der Waals surface area contributed by atoms with E-state index in [-0.39, 0.29) is 11.8 Å². The van der Waals surface area contributed by atoms with Crippen molar-refractivity contribution in [1.82, 2.24) is 15.1 Å². The quantitative estimate of drug-likeness (QED) is 0.771. The fourth-order valence-corrected chi connectivity index (χ4v) is 2.28. The average molecular weight is 284 g/mol. The Hall–Kier alpha value is -2.63. The van der Waals surface area contributed by atoms with Crippen LogP contribution in [0.15, 0.2) is 34.9 Å². The zero-order valence-corrected chi connectivity index (χ0v) is 11.9. The summed E-state index contributed by atoms with van der Waals surface area (Å²) in [7, 11) is 0. The van der Waals surface area contributed by atoms with Gasteiger partial charge in [0.2, 0.25) is 5.91 Å². The maximum atomic E-state index is 12.4. The summed E-state index contributed by atoms with van der Waals surface area (Å²) in [5, 5.41) is 6.52. The standard InChI is InChI=1S/C15H16N4O2/c1-3-10(15(20)18-13-8-9(2)21-19-13)14-16-11-6-4-5-7-12(11)17-14/h4-8,10H,3H2,1-2H3,(H,16,17)(H,18,19,20). The molecule has 0 radical (unpaired) electrons. The summed E-state index contributed by atoms with van der Waals surface area (Å²) in [5.74, 6) is 1.24. The third-order valence-electron chi connectivity index (χ3n) is 3.34. The molecule has 6 nitrogen and oxygen atoms in total. The third-order valence-corrected chi connectivity index (χ3v) is 3.34. The van der Waals surface area contributed by atoms with Gasteiger partial charge in [-0.1, -0.05) is 24.2 Å². The number of carbonyl (C=O) groups is 1. The fourth-order valence-electron chi connectivity index (χ4n) is 2.28. The second kappa shape index (κ2) is 5.40. The van der Waals surface area contributed by atoms with Crippen LogP contribution < -0.4 is 5.32 Å². The number of anilines is 1.